The number of rotatable bonds is 4. The lowest BCUT2D eigenvalue weighted by atomic mass is 9.96. The van der Waals surface area contributed by atoms with Crippen molar-refractivity contribution >= 4 is 5.78 Å². The molecule has 0 spiro atoms. The molecule has 0 atom stereocenters. The van der Waals surface area contributed by atoms with Crippen LogP contribution in [0.15, 0.2) is 24.3 Å². The number of ketones is 1. The molecule has 1 saturated carbocycles. The maximum Gasteiger partial charge on any atom is 0.171 e. The Morgan fingerprint density at radius 2 is 2.00 bits per heavy atom. The van der Waals surface area contributed by atoms with Gasteiger partial charge in [0.1, 0.15) is 5.75 Å². The molecule has 0 unspecified atom stereocenters. The van der Waals surface area contributed by atoms with Crippen LogP contribution in [0.1, 0.15) is 23.2 Å². The standard InChI is InChI=1S/C12H14O3/c1-15-10-4-2-9(3-5-10)11(14)12(8-13)6-7-12/h2-5,13H,6-8H2,1H3. The van der Waals surface area contributed by atoms with Crippen molar-refractivity contribution in [3.05, 3.63) is 29.8 Å². The van der Waals surface area contributed by atoms with E-state index in [1.165, 1.54) is 0 Å². The summed E-state index contributed by atoms with van der Waals surface area (Å²) in [5.74, 6) is 0.785. The van der Waals surface area contributed by atoms with Gasteiger partial charge >= 0.3 is 0 Å². The van der Waals surface area contributed by atoms with E-state index in [9.17, 15) is 4.79 Å². The second-order valence-electron chi connectivity index (χ2n) is 4.00. The number of benzene rings is 1. The third kappa shape index (κ3) is 1.75. The minimum absolute atomic E-state index is 0.0438. The largest absolute Gasteiger partial charge is 0.497 e. The zero-order valence-electron chi connectivity index (χ0n) is 8.69. The molecule has 0 amide bonds. The summed E-state index contributed by atoms with van der Waals surface area (Å²) in [7, 11) is 1.59. The Kier molecular flexibility index (Phi) is 2.49. The predicted molar refractivity (Wildman–Crippen MR) is 56.1 cm³/mol. The Labute approximate surface area is 88.7 Å². The van der Waals surface area contributed by atoms with E-state index in [0.717, 1.165) is 18.6 Å². The van der Waals surface area contributed by atoms with Gasteiger partial charge in [-0.05, 0) is 37.1 Å². The summed E-state index contributed by atoms with van der Waals surface area (Å²) in [6, 6.07) is 7.02. The third-order valence-corrected chi connectivity index (χ3v) is 2.99. The number of hydrogen-bond acceptors (Lipinski definition) is 3. The Bertz CT molecular complexity index is 363. The summed E-state index contributed by atoms with van der Waals surface area (Å²) >= 11 is 0. The molecular formula is C12H14O3. The molecule has 1 aliphatic rings. The molecule has 15 heavy (non-hydrogen) atoms. The second kappa shape index (κ2) is 3.66. The molecule has 1 aliphatic carbocycles. The summed E-state index contributed by atoms with van der Waals surface area (Å²) in [4.78, 5) is 12.0. The molecule has 0 aliphatic heterocycles. The maximum atomic E-state index is 12.0. The molecule has 1 aromatic carbocycles. The highest BCUT2D eigenvalue weighted by atomic mass is 16.5. The molecular weight excluding hydrogens is 192 g/mol. The average molecular weight is 206 g/mol. The first-order valence-electron chi connectivity index (χ1n) is 5.01. The van der Waals surface area contributed by atoms with Gasteiger partial charge in [-0.25, -0.2) is 0 Å². The SMILES string of the molecule is COc1ccc(C(=O)C2(CO)CC2)cc1. The van der Waals surface area contributed by atoms with Crippen molar-refractivity contribution in [3.8, 4) is 5.75 Å². The van der Waals surface area contributed by atoms with Crippen LogP contribution in [0, 0.1) is 5.41 Å². The van der Waals surface area contributed by atoms with Crippen molar-refractivity contribution in [2.45, 2.75) is 12.8 Å². The molecule has 0 heterocycles. The molecule has 3 heteroatoms. The molecule has 0 aromatic heterocycles. The normalized spacial score (nSPS) is 17.2. The van der Waals surface area contributed by atoms with Crippen LogP contribution in [-0.2, 0) is 0 Å². The van der Waals surface area contributed by atoms with Gasteiger partial charge in [-0.15, -0.1) is 0 Å². The zero-order chi connectivity index (χ0) is 10.9. The van der Waals surface area contributed by atoms with Crippen molar-refractivity contribution in [2.24, 2.45) is 5.41 Å². The van der Waals surface area contributed by atoms with E-state index < -0.39 is 5.41 Å². The summed E-state index contributed by atoms with van der Waals surface area (Å²) in [5, 5.41) is 9.14. The van der Waals surface area contributed by atoms with Crippen molar-refractivity contribution in [3.63, 3.8) is 0 Å². The van der Waals surface area contributed by atoms with E-state index in [1.54, 1.807) is 31.4 Å². The van der Waals surface area contributed by atoms with Crippen molar-refractivity contribution in [1.82, 2.24) is 0 Å². The minimum Gasteiger partial charge on any atom is -0.497 e. The van der Waals surface area contributed by atoms with E-state index in [4.69, 9.17) is 9.84 Å². The van der Waals surface area contributed by atoms with Crippen LogP contribution in [0.2, 0.25) is 0 Å². The third-order valence-electron chi connectivity index (χ3n) is 2.99. The second-order valence-corrected chi connectivity index (χ2v) is 4.00. The predicted octanol–water partition coefficient (Wildman–Crippen LogP) is 1.65. The first-order chi connectivity index (χ1) is 7.22. The van der Waals surface area contributed by atoms with Gasteiger partial charge in [0.2, 0.25) is 0 Å². The highest BCUT2D eigenvalue weighted by molar-refractivity contribution is 6.02. The topological polar surface area (TPSA) is 46.5 Å². The van der Waals surface area contributed by atoms with Crippen LogP contribution < -0.4 is 4.74 Å². The molecule has 80 valence electrons. The highest BCUT2D eigenvalue weighted by Gasteiger charge is 2.49. The van der Waals surface area contributed by atoms with Gasteiger partial charge in [0, 0.05) is 5.56 Å². The fourth-order valence-electron chi connectivity index (χ4n) is 1.66. The number of hydrogen-bond donors (Lipinski definition) is 1. The number of ether oxygens (including phenoxy) is 1. The first-order valence-corrected chi connectivity index (χ1v) is 5.01. The molecule has 0 saturated heterocycles. The van der Waals surface area contributed by atoms with Gasteiger partial charge in [-0.2, -0.15) is 0 Å². The Hall–Kier alpha value is -1.35. The van der Waals surface area contributed by atoms with E-state index in [1.807, 2.05) is 0 Å². The Morgan fingerprint density at radius 3 is 2.40 bits per heavy atom. The summed E-state index contributed by atoms with van der Waals surface area (Å²) < 4.78 is 5.02. The lowest BCUT2D eigenvalue weighted by Crippen LogP contribution is -2.19. The minimum atomic E-state index is -0.478. The van der Waals surface area contributed by atoms with E-state index in [0.29, 0.717) is 5.56 Å². The maximum absolute atomic E-state index is 12.0. The molecule has 3 nitrogen and oxygen atoms in total. The highest BCUT2D eigenvalue weighted by Crippen LogP contribution is 2.47. The van der Waals surface area contributed by atoms with E-state index >= 15 is 0 Å². The number of methoxy groups -OCH3 is 1. The quantitative estimate of drug-likeness (QED) is 0.762. The fraction of sp³-hybridized carbons (Fsp3) is 0.417. The van der Waals surface area contributed by atoms with Crippen molar-refractivity contribution < 1.29 is 14.6 Å². The molecule has 1 aromatic rings. The van der Waals surface area contributed by atoms with Crippen LogP contribution >= 0.6 is 0 Å². The van der Waals surface area contributed by atoms with Crippen LogP contribution in [0.25, 0.3) is 0 Å². The van der Waals surface area contributed by atoms with Gasteiger partial charge in [0.15, 0.2) is 5.78 Å². The van der Waals surface area contributed by atoms with Gasteiger partial charge in [-0.3, -0.25) is 4.79 Å². The Morgan fingerprint density at radius 1 is 1.40 bits per heavy atom. The lowest BCUT2D eigenvalue weighted by Gasteiger charge is -2.10. The van der Waals surface area contributed by atoms with Gasteiger partial charge in [0.25, 0.3) is 0 Å². The fourth-order valence-corrected chi connectivity index (χ4v) is 1.66. The summed E-state index contributed by atoms with van der Waals surface area (Å²) in [6.45, 7) is -0.0438. The monoisotopic (exact) mass is 206 g/mol. The van der Waals surface area contributed by atoms with Crippen LogP contribution in [-0.4, -0.2) is 24.6 Å². The molecule has 1 N–H and O–H groups in total. The Balaban J connectivity index is 2.19. The smallest absolute Gasteiger partial charge is 0.171 e. The number of Topliss-reactive ketones (excluding diaryl/α,β-unsaturated/α-hetero) is 1. The van der Waals surface area contributed by atoms with Gasteiger partial charge in [0.05, 0.1) is 19.1 Å². The number of carbonyl (C=O) groups is 1. The van der Waals surface area contributed by atoms with Gasteiger partial charge < -0.3 is 9.84 Å². The van der Waals surface area contributed by atoms with Crippen LogP contribution in [0.3, 0.4) is 0 Å². The van der Waals surface area contributed by atoms with Crippen LogP contribution in [0.4, 0.5) is 0 Å². The number of aliphatic hydroxyl groups excluding tert-OH is 1. The van der Waals surface area contributed by atoms with Crippen molar-refractivity contribution in [1.29, 1.82) is 0 Å². The summed E-state index contributed by atoms with van der Waals surface area (Å²) in [6.07, 6.45) is 1.60. The summed E-state index contributed by atoms with van der Waals surface area (Å²) in [5.41, 5.74) is 0.177. The zero-order valence-corrected chi connectivity index (χ0v) is 8.69. The van der Waals surface area contributed by atoms with Crippen molar-refractivity contribution in [2.75, 3.05) is 13.7 Å². The molecule has 1 fully saturated rings. The lowest BCUT2D eigenvalue weighted by molar-refractivity contribution is 0.0829. The molecule has 0 radical (unpaired) electrons. The average Bonchev–Trinajstić information content (AvgIpc) is 3.09. The van der Waals surface area contributed by atoms with Gasteiger partial charge in [-0.1, -0.05) is 0 Å². The van der Waals surface area contributed by atoms with E-state index in [2.05, 4.69) is 0 Å². The number of carbonyl (C=O) groups excluding carboxylic acids is 1. The molecule has 0 bridgehead atoms. The van der Waals surface area contributed by atoms with Crippen LogP contribution in [0.5, 0.6) is 5.75 Å². The molecule has 2 rings (SSSR count). The number of aliphatic hydroxyl groups is 1. The first kappa shape index (κ1) is 10.2. The van der Waals surface area contributed by atoms with E-state index in [-0.39, 0.29) is 12.4 Å².